The van der Waals surface area contributed by atoms with Gasteiger partial charge in [0.25, 0.3) is 0 Å². The van der Waals surface area contributed by atoms with Gasteiger partial charge >= 0.3 is 5.97 Å². The van der Waals surface area contributed by atoms with E-state index in [1.165, 1.54) is 7.11 Å². The van der Waals surface area contributed by atoms with Crippen molar-refractivity contribution in [3.8, 4) is 22.6 Å². The van der Waals surface area contributed by atoms with E-state index in [1.807, 2.05) is 72.8 Å². The van der Waals surface area contributed by atoms with E-state index in [2.05, 4.69) is 0 Å². The van der Waals surface area contributed by atoms with Gasteiger partial charge in [-0.1, -0.05) is 54.6 Å². The Hall–Kier alpha value is -3.31. The van der Waals surface area contributed by atoms with Crippen molar-refractivity contribution in [2.45, 2.75) is 19.1 Å². The molecule has 0 saturated heterocycles. The quantitative estimate of drug-likeness (QED) is 0.577. The highest BCUT2D eigenvalue weighted by Gasteiger charge is 2.18. The Bertz CT molecular complexity index is 935. The lowest BCUT2D eigenvalue weighted by atomic mass is 10.00. The van der Waals surface area contributed by atoms with Crippen LogP contribution in [0.2, 0.25) is 0 Å². The Labute approximate surface area is 170 Å². The monoisotopic (exact) mass is 392 g/mol. The molecular formula is C24H24O5. The molecule has 0 aromatic heterocycles. The van der Waals surface area contributed by atoms with Gasteiger partial charge in [-0.3, -0.25) is 0 Å². The summed E-state index contributed by atoms with van der Waals surface area (Å²) >= 11 is 0. The highest BCUT2D eigenvalue weighted by atomic mass is 16.5. The van der Waals surface area contributed by atoms with E-state index in [4.69, 9.17) is 19.3 Å². The summed E-state index contributed by atoms with van der Waals surface area (Å²) in [5, 5.41) is 9.17. The highest BCUT2D eigenvalue weighted by molar-refractivity contribution is 5.74. The fourth-order valence-electron chi connectivity index (χ4n) is 3.06. The van der Waals surface area contributed by atoms with Crippen molar-refractivity contribution in [1.29, 1.82) is 0 Å². The molecule has 0 radical (unpaired) electrons. The molecule has 0 saturated carbocycles. The number of carboxylic acids is 1. The van der Waals surface area contributed by atoms with Crippen molar-refractivity contribution in [3.63, 3.8) is 0 Å². The van der Waals surface area contributed by atoms with Gasteiger partial charge in [0.15, 0.2) is 6.10 Å². The maximum atomic E-state index is 11.2. The largest absolute Gasteiger partial charge is 0.496 e. The number of methoxy groups -OCH3 is 2. The lowest BCUT2D eigenvalue weighted by Gasteiger charge is -2.14. The zero-order valence-electron chi connectivity index (χ0n) is 16.5. The summed E-state index contributed by atoms with van der Waals surface area (Å²) < 4.78 is 16.4. The first kappa shape index (κ1) is 20.4. The summed E-state index contributed by atoms with van der Waals surface area (Å²) in [7, 11) is 3.00. The molecule has 3 rings (SSSR count). The van der Waals surface area contributed by atoms with Crippen LogP contribution in [0.15, 0.2) is 72.8 Å². The Balaban J connectivity index is 1.73. The number of hydrogen-bond donors (Lipinski definition) is 1. The van der Waals surface area contributed by atoms with Crippen LogP contribution >= 0.6 is 0 Å². The summed E-state index contributed by atoms with van der Waals surface area (Å²) in [4.78, 5) is 11.2. The van der Waals surface area contributed by atoms with E-state index in [-0.39, 0.29) is 6.42 Å². The van der Waals surface area contributed by atoms with Crippen LogP contribution in [0.25, 0.3) is 11.1 Å². The van der Waals surface area contributed by atoms with Crippen LogP contribution in [-0.4, -0.2) is 31.4 Å². The van der Waals surface area contributed by atoms with Crippen LogP contribution in [0.5, 0.6) is 11.5 Å². The minimum atomic E-state index is -0.985. The molecular weight excluding hydrogens is 368 g/mol. The third-order valence-corrected chi connectivity index (χ3v) is 4.66. The molecule has 29 heavy (non-hydrogen) atoms. The third-order valence-electron chi connectivity index (χ3n) is 4.66. The minimum Gasteiger partial charge on any atom is -0.496 e. The maximum Gasteiger partial charge on any atom is 0.333 e. The van der Waals surface area contributed by atoms with Gasteiger partial charge in [0, 0.05) is 19.1 Å². The predicted octanol–water partition coefficient (Wildman–Crippen LogP) is 4.58. The van der Waals surface area contributed by atoms with Gasteiger partial charge in [-0.05, 0) is 34.9 Å². The zero-order valence-corrected chi connectivity index (χ0v) is 16.5. The second-order valence-electron chi connectivity index (χ2n) is 6.60. The SMILES string of the molecule is COc1cc(CC(OC)C(=O)O)ccc1-c1ccc(OCc2ccccc2)cc1. The molecule has 0 spiro atoms. The van der Waals surface area contributed by atoms with E-state index in [0.717, 1.165) is 28.0 Å². The Morgan fingerprint density at radius 2 is 1.66 bits per heavy atom. The molecule has 3 aromatic rings. The Morgan fingerprint density at radius 1 is 0.931 bits per heavy atom. The Morgan fingerprint density at radius 3 is 2.28 bits per heavy atom. The van der Waals surface area contributed by atoms with Crippen LogP contribution < -0.4 is 9.47 Å². The number of rotatable bonds is 9. The molecule has 0 fully saturated rings. The number of aliphatic carboxylic acids is 1. The first-order chi connectivity index (χ1) is 14.1. The van der Waals surface area contributed by atoms with Crippen LogP contribution in [-0.2, 0) is 22.6 Å². The predicted molar refractivity (Wildman–Crippen MR) is 111 cm³/mol. The summed E-state index contributed by atoms with van der Waals surface area (Å²) in [6, 6.07) is 23.5. The van der Waals surface area contributed by atoms with Crippen molar-refractivity contribution in [2.75, 3.05) is 14.2 Å². The molecule has 3 aromatic carbocycles. The van der Waals surface area contributed by atoms with Gasteiger partial charge in [0.05, 0.1) is 7.11 Å². The molecule has 5 nitrogen and oxygen atoms in total. The van der Waals surface area contributed by atoms with Gasteiger partial charge < -0.3 is 19.3 Å². The fourth-order valence-corrected chi connectivity index (χ4v) is 3.06. The normalized spacial score (nSPS) is 11.7. The van der Waals surface area contributed by atoms with Crippen molar-refractivity contribution in [2.24, 2.45) is 0 Å². The molecule has 0 aliphatic heterocycles. The lowest BCUT2D eigenvalue weighted by molar-refractivity contribution is -0.148. The van der Waals surface area contributed by atoms with E-state index in [1.54, 1.807) is 7.11 Å². The molecule has 5 heteroatoms. The molecule has 150 valence electrons. The van der Waals surface area contributed by atoms with Gasteiger partial charge in [0.1, 0.15) is 18.1 Å². The molecule has 1 N–H and O–H groups in total. The number of ether oxygens (including phenoxy) is 3. The van der Waals surface area contributed by atoms with E-state index in [9.17, 15) is 4.79 Å². The number of benzene rings is 3. The second-order valence-corrected chi connectivity index (χ2v) is 6.60. The highest BCUT2D eigenvalue weighted by Crippen LogP contribution is 2.32. The van der Waals surface area contributed by atoms with Gasteiger partial charge in [-0.15, -0.1) is 0 Å². The summed E-state index contributed by atoms with van der Waals surface area (Å²) in [6.45, 7) is 0.516. The van der Waals surface area contributed by atoms with Crippen LogP contribution in [0.1, 0.15) is 11.1 Å². The molecule has 0 aliphatic rings. The van der Waals surface area contributed by atoms with Crippen LogP contribution in [0.3, 0.4) is 0 Å². The minimum absolute atomic E-state index is 0.273. The topological polar surface area (TPSA) is 65.0 Å². The van der Waals surface area contributed by atoms with E-state index >= 15 is 0 Å². The molecule has 0 bridgehead atoms. The van der Waals surface area contributed by atoms with Crippen molar-refractivity contribution in [3.05, 3.63) is 83.9 Å². The molecule has 1 atom stereocenters. The van der Waals surface area contributed by atoms with E-state index in [0.29, 0.717) is 12.4 Å². The standard InChI is InChI=1S/C24H24O5/c1-27-22-14-18(15-23(28-2)24(25)26)8-13-21(22)19-9-11-20(12-10-19)29-16-17-6-4-3-5-7-17/h3-14,23H,15-16H2,1-2H3,(H,25,26). The second kappa shape index (κ2) is 9.75. The van der Waals surface area contributed by atoms with Crippen LogP contribution in [0, 0.1) is 0 Å². The smallest absolute Gasteiger partial charge is 0.333 e. The molecule has 0 heterocycles. The maximum absolute atomic E-state index is 11.2. The fraction of sp³-hybridized carbons (Fsp3) is 0.208. The Kier molecular flexibility index (Phi) is 6.87. The van der Waals surface area contributed by atoms with Gasteiger partial charge in [-0.25, -0.2) is 4.79 Å². The average molecular weight is 392 g/mol. The van der Waals surface area contributed by atoms with Crippen molar-refractivity contribution < 1.29 is 24.1 Å². The van der Waals surface area contributed by atoms with Crippen molar-refractivity contribution >= 4 is 5.97 Å². The molecule has 0 aliphatic carbocycles. The first-order valence-corrected chi connectivity index (χ1v) is 9.30. The van der Waals surface area contributed by atoms with Gasteiger partial charge in [0.2, 0.25) is 0 Å². The zero-order chi connectivity index (χ0) is 20.6. The third kappa shape index (κ3) is 5.36. The first-order valence-electron chi connectivity index (χ1n) is 9.30. The number of hydrogen-bond acceptors (Lipinski definition) is 4. The molecule has 0 amide bonds. The molecule has 1 unspecified atom stereocenters. The summed E-state index contributed by atoms with van der Waals surface area (Å²) in [5.41, 5.74) is 3.87. The average Bonchev–Trinajstić information content (AvgIpc) is 2.76. The summed E-state index contributed by atoms with van der Waals surface area (Å²) in [5.74, 6) is 0.486. The van der Waals surface area contributed by atoms with Gasteiger partial charge in [-0.2, -0.15) is 0 Å². The van der Waals surface area contributed by atoms with Crippen LogP contribution in [0.4, 0.5) is 0 Å². The van der Waals surface area contributed by atoms with E-state index < -0.39 is 12.1 Å². The summed E-state index contributed by atoms with van der Waals surface area (Å²) in [6.07, 6.45) is -0.610. The number of carboxylic acid groups (broad SMARTS) is 1. The lowest BCUT2D eigenvalue weighted by Crippen LogP contribution is -2.24. The number of carbonyl (C=O) groups is 1. The van der Waals surface area contributed by atoms with Crippen molar-refractivity contribution in [1.82, 2.24) is 0 Å².